The molecule has 21 heavy (non-hydrogen) atoms. The number of aromatic amines is 1. The molecule has 0 amide bonds. The van der Waals surface area contributed by atoms with Crippen LogP contribution in [0.5, 0.6) is 0 Å². The molecule has 1 aliphatic rings. The van der Waals surface area contributed by atoms with Crippen LogP contribution in [-0.2, 0) is 12.2 Å². The number of nitrogens with one attached hydrogen (secondary N) is 1. The molecular formula is C16H12BrNOS2. The van der Waals surface area contributed by atoms with Crippen molar-refractivity contribution >= 4 is 55.7 Å². The van der Waals surface area contributed by atoms with Crippen molar-refractivity contribution in [1.29, 1.82) is 0 Å². The number of carbonyl (C=O) groups excluding carboxylic acids is 1. The highest BCUT2D eigenvalue weighted by Crippen LogP contribution is 2.34. The first-order valence-corrected chi connectivity index (χ1v) is 9.49. The van der Waals surface area contributed by atoms with Crippen molar-refractivity contribution < 1.29 is 4.79 Å². The van der Waals surface area contributed by atoms with E-state index in [-0.39, 0.29) is 5.78 Å². The Hall–Kier alpha value is -1.04. The van der Waals surface area contributed by atoms with Crippen molar-refractivity contribution in [2.45, 2.75) is 12.2 Å². The number of thiophene rings is 1. The van der Waals surface area contributed by atoms with Crippen LogP contribution in [0.1, 0.15) is 25.7 Å². The van der Waals surface area contributed by atoms with Crippen LogP contribution in [0.3, 0.4) is 0 Å². The Morgan fingerprint density at radius 2 is 2.19 bits per heavy atom. The molecule has 106 valence electrons. The third-order valence-corrected chi connectivity index (χ3v) is 6.48. The van der Waals surface area contributed by atoms with E-state index in [2.05, 4.69) is 27.0 Å². The van der Waals surface area contributed by atoms with E-state index >= 15 is 0 Å². The predicted octanol–water partition coefficient (Wildman–Crippen LogP) is 5.01. The van der Waals surface area contributed by atoms with Crippen LogP contribution in [0.2, 0.25) is 0 Å². The van der Waals surface area contributed by atoms with Gasteiger partial charge in [-0.15, -0.1) is 11.3 Å². The summed E-state index contributed by atoms with van der Waals surface area (Å²) in [6.45, 7) is 0. The molecule has 1 N–H and O–H groups in total. The normalized spacial score (nSPS) is 14.3. The largest absolute Gasteiger partial charge is 0.360 e. The highest BCUT2D eigenvalue weighted by Gasteiger charge is 2.20. The number of aromatic nitrogens is 1. The second-order valence-corrected chi connectivity index (χ2v) is 8.24. The smallest absolute Gasteiger partial charge is 0.205 e. The van der Waals surface area contributed by atoms with Gasteiger partial charge in [-0.25, -0.2) is 0 Å². The average molecular weight is 378 g/mol. The first-order valence-electron chi connectivity index (χ1n) is 6.73. The van der Waals surface area contributed by atoms with Crippen molar-refractivity contribution in [3.05, 3.63) is 55.8 Å². The zero-order valence-electron chi connectivity index (χ0n) is 11.1. The minimum atomic E-state index is 0.132. The summed E-state index contributed by atoms with van der Waals surface area (Å²) in [4.78, 5) is 18.2. The maximum Gasteiger partial charge on any atom is 0.205 e. The molecule has 0 radical (unpaired) electrons. The predicted molar refractivity (Wildman–Crippen MR) is 93.6 cm³/mol. The van der Waals surface area contributed by atoms with Crippen LogP contribution in [0, 0.1) is 0 Å². The van der Waals surface area contributed by atoms with Crippen molar-refractivity contribution in [2.75, 3.05) is 5.75 Å². The lowest BCUT2D eigenvalue weighted by atomic mass is 10.1. The number of aryl methyl sites for hydroxylation is 1. The van der Waals surface area contributed by atoms with Crippen molar-refractivity contribution in [1.82, 2.24) is 4.98 Å². The van der Waals surface area contributed by atoms with E-state index < -0.39 is 0 Å². The van der Waals surface area contributed by atoms with Gasteiger partial charge in [0, 0.05) is 37.8 Å². The van der Waals surface area contributed by atoms with Crippen LogP contribution in [0.25, 0.3) is 10.9 Å². The fourth-order valence-corrected chi connectivity index (χ4v) is 5.37. The van der Waals surface area contributed by atoms with Crippen molar-refractivity contribution in [2.24, 2.45) is 0 Å². The van der Waals surface area contributed by atoms with Crippen molar-refractivity contribution in [3.8, 4) is 0 Å². The van der Waals surface area contributed by atoms with Gasteiger partial charge in [0.25, 0.3) is 0 Å². The molecule has 0 aliphatic carbocycles. The summed E-state index contributed by atoms with van der Waals surface area (Å²) in [5, 5.41) is 0.990. The lowest BCUT2D eigenvalue weighted by Crippen LogP contribution is -1.97. The number of hydrogen-bond donors (Lipinski definition) is 1. The number of ketones is 1. The van der Waals surface area contributed by atoms with E-state index in [1.54, 1.807) is 11.3 Å². The monoisotopic (exact) mass is 377 g/mol. The van der Waals surface area contributed by atoms with Crippen LogP contribution < -0.4 is 0 Å². The Morgan fingerprint density at radius 1 is 1.29 bits per heavy atom. The Morgan fingerprint density at radius 3 is 3.05 bits per heavy atom. The zero-order valence-corrected chi connectivity index (χ0v) is 14.3. The molecule has 1 aromatic carbocycles. The molecule has 0 atom stereocenters. The molecule has 0 bridgehead atoms. The third-order valence-electron chi connectivity index (χ3n) is 3.74. The van der Waals surface area contributed by atoms with Gasteiger partial charge in [0.05, 0.1) is 4.88 Å². The number of rotatable bonds is 2. The fourth-order valence-electron chi connectivity index (χ4n) is 2.68. The minimum absolute atomic E-state index is 0.132. The highest BCUT2D eigenvalue weighted by molar-refractivity contribution is 9.10. The quantitative estimate of drug-likeness (QED) is 0.636. The zero-order chi connectivity index (χ0) is 14.4. The van der Waals surface area contributed by atoms with E-state index in [0.29, 0.717) is 0 Å². The Balaban J connectivity index is 1.77. The highest BCUT2D eigenvalue weighted by atomic mass is 79.9. The fraction of sp³-hybridized carbons (Fsp3) is 0.188. The number of halogens is 1. The van der Waals surface area contributed by atoms with E-state index in [1.165, 1.54) is 16.2 Å². The number of thioether (sulfide) groups is 1. The summed E-state index contributed by atoms with van der Waals surface area (Å²) in [5.74, 6) is 2.34. The van der Waals surface area contributed by atoms with Gasteiger partial charge >= 0.3 is 0 Å². The Labute approximate surface area is 139 Å². The van der Waals surface area contributed by atoms with Gasteiger partial charge in [-0.2, -0.15) is 11.8 Å². The number of fused-ring (bicyclic) bond motifs is 2. The molecule has 2 nitrogen and oxygen atoms in total. The van der Waals surface area contributed by atoms with Gasteiger partial charge < -0.3 is 4.98 Å². The molecule has 0 saturated carbocycles. The lowest BCUT2D eigenvalue weighted by Gasteiger charge is -2.08. The number of hydrogen-bond acceptors (Lipinski definition) is 3. The van der Waals surface area contributed by atoms with Crippen LogP contribution in [0.15, 0.2) is 34.9 Å². The van der Waals surface area contributed by atoms with Crippen LogP contribution in [0.4, 0.5) is 0 Å². The summed E-state index contributed by atoms with van der Waals surface area (Å²) >= 11 is 7.07. The standard InChI is InChI=1S/C16H12BrNOS2/c17-10-1-2-11-12(7-18-13(11)6-10)16(19)15-5-9-8-20-4-3-14(9)21-15/h1-2,5-7,18H,3-4,8H2. The number of carbonyl (C=O) groups is 1. The molecule has 2 aromatic heterocycles. The summed E-state index contributed by atoms with van der Waals surface area (Å²) < 4.78 is 1.01. The van der Waals surface area contributed by atoms with Crippen LogP contribution >= 0.6 is 39.0 Å². The summed E-state index contributed by atoms with van der Waals surface area (Å²) in [5.41, 5.74) is 3.11. The van der Waals surface area contributed by atoms with Gasteiger partial charge in [0.15, 0.2) is 0 Å². The van der Waals surface area contributed by atoms with Gasteiger partial charge in [0.2, 0.25) is 5.78 Å². The maximum atomic E-state index is 12.8. The maximum absolute atomic E-state index is 12.8. The Kier molecular flexibility index (Phi) is 3.44. The van der Waals surface area contributed by atoms with E-state index in [9.17, 15) is 4.79 Å². The van der Waals surface area contributed by atoms with E-state index in [0.717, 1.165) is 38.0 Å². The third kappa shape index (κ3) is 2.37. The molecule has 5 heteroatoms. The molecule has 0 unspecified atom stereocenters. The molecule has 1 aliphatic heterocycles. The van der Waals surface area contributed by atoms with Crippen LogP contribution in [-0.4, -0.2) is 16.5 Å². The number of benzene rings is 1. The van der Waals surface area contributed by atoms with E-state index in [1.807, 2.05) is 36.2 Å². The molecule has 0 fully saturated rings. The summed E-state index contributed by atoms with van der Waals surface area (Å²) in [6, 6.07) is 8.06. The lowest BCUT2D eigenvalue weighted by molar-refractivity contribution is 0.104. The second-order valence-electron chi connectivity index (χ2n) is 5.08. The number of H-pyrrole nitrogens is 1. The second kappa shape index (κ2) is 5.30. The average Bonchev–Trinajstić information content (AvgIpc) is 3.09. The topological polar surface area (TPSA) is 32.9 Å². The van der Waals surface area contributed by atoms with Gasteiger partial charge in [-0.3, -0.25) is 4.79 Å². The molecule has 4 rings (SSSR count). The molecule has 0 spiro atoms. The van der Waals surface area contributed by atoms with Crippen molar-refractivity contribution in [3.63, 3.8) is 0 Å². The van der Waals surface area contributed by atoms with Gasteiger partial charge in [-0.1, -0.05) is 22.0 Å². The molecule has 3 heterocycles. The molecular weight excluding hydrogens is 366 g/mol. The van der Waals surface area contributed by atoms with Gasteiger partial charge in [-0.05, 0) is 35.9 Å². The Bertz CT molecular complexity index is 826. The first-order chi connectivity index (χ1) is 10.2. The summed E-state index contributed by atoms with van der Waals surface area (Å²) in [6.07, 6.45) is 2.92. The first kappa shape index (κ1) is 13.6. The molecule has 3 aromatic rings. The van der Waals surface area contributed by atoms with Gasteiger partial charge in [0.1, 0.15) is 0 Å². The SMILES string of the molecule is O=C(c1cc2c(s1)CCSC2)c1c[nH]c2cc(Br)ccc12. The minimum Gasteiger partial charge on any atom is -0.360 e. The summed E-state index contributed by atoms with van der Waals surface area (Å²) in [7, 11) is 0. The van der Waals surface area contributed by atoms with E-state index in [4.69, 9.17) is 0 Å². The molecule has 0 saturated heterocycles.